The van der Waals surface area contributed by atoms with Gasteiger partial charge in [0.25, 0.3) is 0 Å². The molecule has 0 aliphatic carbocycles. The second-order valence-corrected chi connectivity index (χ2v) is 3.61. The fourth-order valence-electron chi connectivity index (χ4n) is 1.40. The van der Waals surface area contributed by atoms with Gasteiger partial charge in [-0.2, -0.15) is 0 Å². The summed E-state index contributed by atoms with van der Waals surface area (Å²) in [4.78, 5) is 0. The average Bonchev–Trinajstić information content (AvgIpc) is 2.23. The molecule has 1 rings (SSSR count). The molecule has 0 bridgehead atoms. The van der Waals surface area contributed by atoms with Crippen molar-refractivity contribution in [2.45, 2.75) is 32.7 Å². The van der Waals surface area contributed by atoms with Crippen molar-refractivity contribution < 1.29 is 9.84 Å². The van der Waals surface area contributed by atoms with E-state index in [0.717, 1.165) is 18.4 Å². The minimum absolute atomic E-state index is 0.170. The Bertz CT molecular complexity index is 312. The molecule has 0 spiro atoms. The van der Waals surface area contributed by atoms with Gasteiger partial charge in [0.15, 0.2) is 11.5 Å². The molecule has 0 unspecified atom stereocenters. The molecule has 84 valence electrons. The van der Waals surface area contributed by atoms with Crippen molar-refractivity contribution in [2.75, 3.05) is 6.61 Å². The molecule has 1 aromatic rings. The summed E-state index contributed by atoms with van der Waals surface area (Å²) in [6.45, 7) is 4.51. The quantitative estimate of drug-likeness (QED) is 0.780. The third-order valence-electron chi connectivity index (χ3n) is 2.35. The maximum Gasteiger partial charge on any atom is 0.161 e. The number of rotatable bonds is 5. The van der Waals surface area contributed by atoms with Gasteiger partial charge in [0.1, 0.15) is 0 Å². The van der Waals surface area contributed by atoms with Crippen molar-refractivity contribution in [3.05, 3.63) is 23.8 Å². The van der Waals surface area contributed by atoms with Crippen LogP contribution in [0.4, 0.5) is 0 Å². The molecule has 1 aromatic carbocycles. The highest BCUT2D eigenvalue weighted by molar-refractivity contribution is 5.42. The molecule has 0 fully saturated rings. The van der Waals surface area contributed by atoms with Crippen LogP contribution >= 0.6 is 0 Å². The predicted octanol–water partition coefficient (Wildman–Crippen LogP) is 2.07. The number of ether oxygens (including phenoxy) is 1. The first-order chi connectivity index (χ1) is 7.17. The zero-order valence-electron chi connectivity index (χ0n) is 9.36. The van der Waals surface area contributed by atoms with Crippen LogP contribution < -0.4 is 10.5 Å². The molecule has 3 N–H and O–H groups in total. The topological polar surface area (TPSA) is 55.5 Å². The number of benzene rings is 1. The fraction of sp³-hybridized carbons (Fsp3) is 0.500. The third kappa shape index (κ3) is 3.44. The summed E-state index contributed by atoms with van der Waals surface area (Å²) in [7, 11) is 0. The summed E-state index contributed by atoms with van der Waals surface area (Å²) in [5, 5.41) is 9.50. The molecular formula is C12H19NO2. The van der Waals surface area contributed by atoms with Gasteiger partial charge in [-0.3, -0.25) is 0 Å². The van der Waals surface area contributed by atoms with Gasteiger partial charge in [-0.15, -0.1) is 0 Å². The highest BCUT2D eigenvalue weighted by Crippen LogP contribution is 2.27. The van der Waals surface area contributed by atoms with E-state index in [-0.39, 0.29) is 11.8 Å². The van der Waals surface area contributed by atoms with Gasteiger partial charge in [-0.1, -0.05) is 13.0 Å². The molecular weight excluding hydrogens is 190 g/mol. The molecule has 0 radical (unpaired) electrons. The van der Waals surface area contributed by atoms with Crippen LogP contribution in [-0.4, -0.2) is 17.8 Å². The van der Waals surface area contributed by atoms with Crippen molar-refractivity contribution in [1.82, 2.24) is 0 Å². The maximum atomic E-state index is 9.50. The Hall–Kier alpha value is -1.22. The molecule has 1 atom stereocenters. The van der Waals surface area contributed by atoms with Crippen LogP contribution in [0.3, 0.4) is 0 Å². The van der Waals surface area contributed by atoms with E-state index in [1.54, 1.807) is 6.07 Å². The minimum Gasteiger partial charge on any atom is -0.504 e. The summed E-state index contributed by atoms with van der Waals surface area (Å²) in [5.41, 5.74) is 6.97. The first-order valence-electron chi connectivity index (χ1n) is 5.37. The molecule has 15 heavy (non-hydrogen) atoms. The van der Waals surface area contributed by atoms with E-state index in [0.29, 0.717) is 12.4 Å². The van der Waals surface area contributed by atoms with Crippen molar-refractivity contribution in [3.8, 4) is 11.5 Å². The Morgan fingerprint density at radius 2 is 2.13 bits per heavy atom. The fourth-order valence-corrected chi connectivity index (χ4v) is 1.40. The zero-order chi connectivity index (χ0) is 11.3. The Morgan fingerprint density at radius 3 is 2.73 bits per heavy atom. The summed E-state index contributed by atoms with van der Waals surface area (Å²) < 4.78 is 5.30. The van der Waals surface area contributed by atoms with Crippen molar-refractivity contribution in [2.24, 2.45) is 5.73 Å². The Morgan fingerprint density at radius 1 is 1.40 bits per heavy atom. The molecule has 0 heterocycles. The van der Waals surface area contributed by atoms with E-state index in [1.807, 2.05) is 19.1 Å². The molecule has 0 amide bonds. The molecule has 0 aromatic heterocycles. The molecule has 0 aliphatic heterocycles. The van der Waals surface area contributed by atoms with Crippen LogP contribution in [0.1, 0.15) is 25.8 Å². The largest absolute Gasteiger partial charge is 0.504 e. The number of nitrogens with two attached hydrogens (primary N) is 1. The van der Waals surface area contributed by atoms with Crippen LogP contribution in [0.5, 0.6) is 11.5 Å². The van der Waals surface area contributed by atoms with Gasteiger partial charge in [0.05, 0.1) is 6.61 Å². The standard InChI is InChI=1S/C12H19NO2/c1-3-10(13)7-9-5-6-11(14)12(8-9)15-4-2/h5-6,8,10,14H,3-4,7,13H2,1-2H3/t10-/m1/s1. The predicted molar refractivity (Wildman–Crippen MR) is 61.2 cm³/mol. The van der Waals surface area contributed by atoms with Gasteiger partial charge in [0, 0.05) is 6.04 Å². The van der Waals surface area contributed by atoms with Crippen molar-refractivity contribution in [3.63, 3.8) is 0 Å². The zero-order valence-corrected chi connectivity index (χ0v) is 9.36. The summed E-state index contributed by atoms with van der Waals surface area (Å²) in [5.74, 6) is 0.726. The normalized spacial score (nSPS) is 12.5. The Labute approximate surface area is 90.9 Å². The van der Waals surface area contributed by atoms with Crippen LogP contribution in [0, 0.1) is 0 Å². The number of phenolic OH excluding ortho intramolecular Hbond substituents is 1. The van der Waals surface area contributed by atoms with E-state index < -0.39 is 0 Å². The Kier molecular flexibility index (Phi) is 4.43. The first-order valence-corrected chi connectivity index (χ1v) is 5.37. The van der Waals surface area contributed by atoms with E-state index in [1.165, 1.54) is 0 Å². The van der Waals surface area contributed by atoms with E-state index in [9.17, 15) is 5.11 Å². The lowest BCUT2D eigenvalue weighted by atomic mass is 10.0. The summed E-state index contributed by atoms with van der Waals surface area (Å²) in [6.07, 6.45) is 1.77. The lowest BCUT2D eigenvalue weighted by Gasteiger charge is -2.11. The maximum absolute atomic E-state index is 9.50. The van der Waals surface area contributed by atoms with Crippen molar-refractivity contribution in [1.29, 1.82) is 0 Å². The van der Waals surface area contributed by atoms with Gasteiger partial charge in [-0.25, -0.2) is 0 Å². The van der Waals surface area contributed by atoms with Crippen LogP contribution in [-0.2, 0) is 6.42 Å². The number of aromatic hydroxyl groups is 1. The van der Waals surface area contributed by atoms with Crippen LogP contribution in [0.15, 0.2) is 18.2 Å². The van der Waals surface area contributed by atoms with Gasteiger partial charge in [0.2, 0.25) is 0 Å². The third-order valence-corrected chi connectivity index (χ3v) is 2.35. The molecule has 3 heteroatoms. The monoisotopic (exact) mass is 209 g/mol. The first kappa shape index (κ1) is 11.9. The van der Waals surface area contributed by atoms with Crippen molar-refractivity contribution >= 4 is 0 Å². The second kappa shape index (κ2) is 5.61. The van der Waals surface area contributed by atoms with E-state index in [2.05, 4.69) is 6.92 Å². The second-order valence-electron chi connectivity index (χ2n) is 3.61. The van der Waals surface area contributed by atoms with Crippen LogP contribution in [0.25, 0.3) is 0 Å². The Balaban J connectivity index is 2.77. The number of hydrogen-bond acceptors (Lipinski definition) is 3. The summed E-state index contributed by atoms with van der Waals surface area (Å²) >= 11 is 0. The number of phenols is 1. The van der Waals surface area contributed by atoms with Crippen LogP contribution in [0.2, 0.25) is 0 Å². The molecule has 3 nitrogen and oxygen atoms in total. The molecule has 0 aliphatic rings. The lowest BCUT2D eigenvalue weighted by molar-refractivity contribution is 0.317. The molecule has 0 saturated carbocycles. The number of hydrogen-bond donors (Lipinski definition) is 2. The highest BCUT2D eigenvalue weighted by Gasteiger charge is 2.06. The van der Waals surface area contributed by atoms with Gasteiger partial charge >= 0.3 is 0 Å². The van der Waals surface area contributed by atoms with Gasteiger partial charge in [-0.05, 0) is 37.5 Å². The summed E-state index contributed by atoms with van der Waals surface area (Å²) in [6, 6.07) is 5.56. The van der Waals surface area contributed by atoms with Gasteiger partial charge < -0.3 is 15.6 Å². The SMILES string of the molecule is CCOc1cc(C[C@H](N)CC)ccc1O. The lowest BCUT2D eigenvalue weighted by Crippen LogP contribution is -2.21. The van der Waals surface area contributed by atoms with E-state index in [4.69, 9.17) is 10.5 Å². The molecule has 0 saturated heterocycles. The highest BCUT2D eigenvalue weighted by atomic mass is 16.5. The minimum atomic E-state index is 0.170. The average molecular weight is 209 g/mol. The smallest absolute Gasteiger partial charge is 0.161 e. The van der Waals surface area contributed by atoms with E-state index >= 15 is 0 Å².